The van der Waals surface area contributed by atoms with Gasteiger partial charge in [0.05, 0.1) is 6.10 Å². The highest BCUT2D eigenvalue weighted by Crippen LogP contribution is 2.22. The Kier molecular flexibility index (Phi) is 6.73. The quantitative estimate of drug-likeness (QED) is 0.840. The molecule has 0 heterocycles. The van der Waals surface area contributed by atoms with E-state index in [9.17, 15) is 9.90 Å². The first kappa shape index (κ1) is 19.2. The Hall–Kier alpha value is -2.17. The lowest BCUT2D eigenvalue weighted by Gasteiger charge is -2.18. The zero-order chi connectivity index (χ0) is 18.4. The number of hydrogen-bond acceptors (Lipinski definition) is 3. The van der Waals surface area contributed by atoms with Crippen molar-refractivity contribution in [3.63, 3.8) is 0 Å². The van der Waals surface area contributed by atoms with Crippen LogP contribution in [-0.2, 0) is 0 Å². The van der Waals surface area contributed by atoms with Crippen molar-refractivity contribution < 1.29 is 9.90 Å². The highest BCUT2D eigenvalue weighted by Gasteiger charge is 2.11. The van der Waals surface area contributed by atoms with Crippen molar-refractivity contribution in [2.24, 2.45) is 0 Å². The van der Waals surface area contributed by atoms with Crippen LogP contribution in [0, 0.1) is 0 Å². The Morgan fingerprint density at radius 2 is 1.44 bits per heavy atom. The van der Waals surface area contributed by atoms with Crippen molar-refractivity contribution in [2.45, 2.75) is 19.4 Å². The molecule has 25 heavy (non-hydrogen) atoms. The first-order valence-corrected chi connectivity index (χ1v) is 8.67. The van der Waals surface area contributed by atoms with E-state index in [4.69, 9.17) is 0 Å². The second-order valence-corrected chi connectivity index (χ2v) is 6.76. The molecule has 0 saturated carbocycles. The lowest BCUT2D eigenvalue weighted by atomic mass is 10.0. The Bertz CT molecular complexity index is 676. The molecule has 0 saturated heterocycles. The molecule has 1 amide bonds. The van der Waals surface area contributed by atoms with E-state index in [-0.39, 0.29) is 5.91 Å². The summed E-state index contributed by atoms with van der Waals surface area (Å²) in [6, 6.07) is 15.5. The first-order chi connectivity index (χ1) is 11.9. The van der Waals surface area contributed by atoms with Crippen LogP contribution in [0.3, 0.4) is 0 Å². The van der Waals surface area contributed by atoms with Gasteiger partial charge in [0.1, 0.15) is 0 Å². The summed E-state index contributed by atoms with van der Waals surface area (Å²) in [6.45, 7) is 3.48. The van der Waals surface area contributed by atoms with Crippen molar-refractivity contribution in [1.29, 1.82) is 0 Å². The molecule has 1 N–H and O–H groups in total. The third kappa shape index (κ3) is 5.41. The molecule has 0 unspecified atom stereocenters. The molecule has 0 bridgehead atoms. The van der Waals surface area contributed by atoms with Gasteiger partial charge in [-0.3, -0.25) is 4.79 Å². The van der Waals surface area contributed by atoms with E-state index in [0.29, 0.717) is 5.56 Å². The lowest BCUT2D eigenvalue weighted by Crippen LogP contribution is -2.29. The number of rotatable bonds is 7. The fourth-order valence-electron chi connectivity index (χ4n) is 2.71. The van der Waals surface area contributed by atoms with Crippen molar-refractivity contribution in [3.05, 3.63) is 59.7 Å². The number of hydrogen-bond donors (Lipinski definition) is 1. The molecule has 1 atom stereocenters. The normalized spacial score (nSPS) is 12.2. The van der Waals surface area contributed by atoms with Crippen molar-refractivity contribution in [1.82, 2.24) is 9.80 Å². The third-order valence-electron chi connectivity index (χ3n) is 4.30. The molecular weight excluding hydrogens is 312 g/mol. The topological polar surface area (TPSA) is 43.8 Å². The van der Waals surface area contributed by atoms with Crippen LogP contribution in [0.1, 0.15) is 35.4 Å². The number of nitrogens with zero attached hydrogens (tertiary/aromatic N) is 2. The summed E-state index contributed by atoms with van der Waals surface area (Å²) in [4.78, 5) is 16.4. The SMILES string of the molecule is C[C@H](O)c1ccc(-c2ccc(C(=O)N(C)CCCN(C)C)cc2)cc1. The Balaban J connectivity index is 2.02. The van der Waals surface area contributed by atoms with Crippen LogP contribution in [0.4, 0.5) is 0 Å². The molecule has 4 nitrogen and oxygen atoms in total. The maximum Gasteiger partial charge on any atom is 0.253 e. The maximum absolute atomic E-state index is 12.5. The zero-order valence-corrected chi connectivity index (χ0v) is 15.6. The van der Waals surface area contributed by atoms with E-state index in [0.717, 1.165) is 36.2 Å². The lowest BCUT2D eigenvalue weighted by molar-refractivity contribution is 0.0790. The highest BCUT2D eigenvalue weighted by molar-refractivity contribution is 5.94. The van der Waals surface area contributed by atoms with Crippen LogP contribution in [0.15, 0.2) is 48.5 Å². The summed E-state index contributed by atoms with van der Waals surface area (Å²) >= 11 is 0. The van der Waals surface area contributed by atoms with E-state index in [2.05, 4.69) is 4.90 Å². The smallest absolute Gasteiger partial charge is 0.253 e. The second kappa shape index (κ2) is 8.79. The maximum atomic E-state index is 12.5. The molecule has 0 aliphatic heterocycles. The molecular formula is C21H28N2O2. The van der Waals surface area contributed by atoms with Crippen LogP contribution in [0.2, 0.25) is 0 Å². The fourth-order valence-corrected chi connectivity index (χ4v) is 2.71. The number of benzene rings is 2. The van der Waals surface area contributed by atoms with Gasteiger partial charge in [-0.25, -0.2) is 0 Å². The van der Waals surface area contributed by atoms with Crippen molar-refractivity contribution in [3.8, 4) is 11.1 Å². The highest BCUT2D eigenvalue weighted by atomic mass is 16.3. The molecule has 0 fully saturated rings. The first-order valence-electron chi connectivity index (χ1n) is 8.67. The minimum absolute atomic E-state index is 0.0507. The number of aliphatic hydroxyl groups excluding tert-OH is 1. The van der Waals surface area contributed by atoms with Gasteiger partial charge < -0.3 is 14.9 Å². The van der Waals surface area contributed by atoms with Crippen LogP contribution in [0.5, 0.6) is 0 Å². The van der Waals surface area contributed by atoms with Crippen molar-refractivity contribution in [2.75, 3.05) is 34.2 Å². The van der Waals surface area contributed by atoms with Gasteiger partial charge in [0.25, 0.3) is 5.91 Å². The minimum atomic E-state index is -0.461. The van der Waals surface area contributed by atoms with Gasteiger partial charge in [-0.2, -0.15) is 0 Å². The van der Waals surface area contributed by atoms with Gasteiger partial charge in [0.2, 0.25) is 0 Å². The van der Waals surface area contributed by atoms with E-state index in [1.165, 1.54) is 0 Å². The molecule has 2 rings (SSSR count). The van der Waals surface area contributed by atoms with Gasteiger partial charge in [0, 0.05) is 19.2 Å². The third-order valence-corrected chi connectivity index (χ3v) is 4.30. The van der Waals surface area contributed by atoms with E-state index < -0.39 is 6.10 Å². The summed E-state index contributed by atoms with van der Waals surface area (Å²) in [7, 11) is 5.92. The average Bonchev–Trinajstić information content (AvgIpc) is 2.61. The minimum Gasteiger partial charge on any atom is -0.389 e. The Labute approximate surface area is 150 Å². The van der Waals surface area contributed by atoms with E-state index >= 15 is 0 Å². The molecule has 2 aromatic rings. The zero-order valence-electron chi connectivity index (χ0n) is 15.6. The predicted octanol–water partition coefficient (Wildman–Crippen LogP) is 3.43. The Morgan fingerprint density at radius 3 is 1.92 bits per heavy atom. The van der Waals surface area contributed by atoms with Gasteiger partial charge in [0.15, 0.2) is 0 Å². The molecule has 0 aromatic heterocycles. The fraction of sp³-hybridized carbons (Fsp3) is 0.381. The van der Waals surface area contributed by atoms with Crippen LogP contribution in [-0.4, -0.2) is 55.0 Å². The predicted molar refractivity (Wildman–Crippen MR) is 103 cm³/mol. The summed E-state index contributed by atoms with van der Waals surface area (Å²) in [6.07, 6.45) is 0.500. The molecule has 0 spiro atoms. The number of aliphatic hydroxyl groups is 1. The largest absolute Gasteiger partial charge is 0.389 e. The standard InChI is InChI=1S/C21H28N2O2/c1-16(24)17-6-8-18(9-7-17)19-10-12-20(13-11-19)21(25)23(4)15-5-14-22(2)3/h6-13,16,24H,5,14-15H2,1-4H3/t16-/m0/s1. The van der Waals surface area contributed by atoms with Crippen molar-refractivity contribution >= 4 is 5.91 Å². The van der Waals surface area contributed by atoms with Gasteiger partial charge in [-0.05, 0) is 62.8 Å². The molecule has 4 heteroatoms. The van der Waals surface area contributed by atoms with Crippen LogP contribution >= 0.6 is 0 Å². The monoisotopic (exact) mass is 340 g/mol. The number of carbonyl (C=O) groups excluding carboxylic acids is 1. The molecule has 0 aliphatic rings. The second-order valence-electron chi connectivity index (χ2n) is 6.76. The van der Waals surface area contributed by atoms with Gasteiger partial charge in [-0.15, -0.1) is 0 Å². The van der Waals surface area contributed by atoms with E-state index in [1.54, 1.807) is 11.8 Å². The molecule has 0 radical (unpaired) electrons. The Morgan fingerprint density at radius 1 is 0.920 bits per heavy atom. The summed E-state index contributed by atoms with van der Waals surface area (Å²) in [5.41, 5.74) is 3.73. The number of carbonyl (C=O) groups is 1. The molecule has 0 aliphatic carbocycles. The molecule has 2 aromatic carbocycles. The van der Waals surface area contributed by atoms with Gasteiger partial charge >= 0.3 is 0 Å². The summed E-state index contributed by atoms with van der Waals surface area (Å²) in [5, 5.41) is 9.58. The number of amides is 1. The van der Waals surface area contributed by atoms with E-state index in [1.807, 2.05) is 69.7 Å². The van der Waals surface area contributed by atoms with Crippen LogP contribution in [0.25, 0.3) is 11.1 Å². The average molecular weight is 340 g/mol. The van der Waals surface area contributed by atoms with Gasteiger partial charge in [-0.1, -0.05) is 36.4 Å². The summed E-state index contributed by atoms with van der Waals surface area (Å²) < 4.78 is 0. The summed E-state index contributed by atoms with van der Waals surface area (Å²) in [5.74, 6) is 0.0507. The molecule has 134 valence electrons. The van der Waals surface area contributed by atoms with Crippen LogP contribution < -0.4 is 0 Å².